The van der Waals surface area contributed by atoms with Crippen molar-refractivity contribution in [2.75, 3.05) is 41.3 Å². The second-order valence-corrected chi connectivity index (χ2v) is 8.49. The van der Waals surface area contributed by atoms with Crippen LogP contribution in [0.25, 0.3) is 0 Å². The highest BCUT2D eigenvalue weighted by Gasteiger charge is 2.24. The van der Waals surface area contributed by atoms with E-state index in [2.05, 4.69) is 26.7 Å². The molecule has 3 amide bonds. The zero-order valence-electron chi connectivity index (χ0n) is 18.9. The topological polar surface area (TPSA) is 131 Å². The monoisotopic (exact) mass is 461 g/mol. The van der Waals surface area contributed by atoms with Crippen LogP contribution < -0.4 is 20.4 Å². The van der Waals surface area contributed by atoms with Gasteiger partial charge < -0.3 is 20.4 Å². The summed E-state index contributed by atoms with van der Waals surface area (Å²) in [5, 5.41) is 14.6. The molecule has 0 atom stereocenters. The molecule has 1 aromatic heterocycles. The number of carbonyl (C=O) groups is 3. The zero-order chi connectivity index (χ0) is 23.9. The van der Waals surface area contributed by atoms with E-state index in [1.54, 1.807) is 29.3 Å². The molecule has 2 aliphatic heterocycles. The van der Waals surface area contributed by atoms with Crippen LogP contribution in [0.15, 0.2) is 36.7 Å². The molecule has 2 aromatic rings. The van der Waals surface area contributed by atoms with Gasteiger partial charge in [-0.05, 0) is 49.8 Å². The Hall–Kier alpha value is -4.00. The summed E-state index contributed by atoms with van der Waals surface area (Å²) in [5.74, 6) is -0.550. The first kappa shape index (κ1) is 23.2. The molecule has 2 aliphatic rings. The molecule has 0 aliphatic carbocycles. The normalized spacial score (nSPS) is 16.6. The summed E-state index contributed by atoms with van der Waals surface area (Å²) in [5.41, 5.74) is 1.50. The third-order valence-corrected chi connectivity index (χ3v) is 6.20. The van der Waals surface area contributed by atoms with Gasteiger partial charge in [-0.3, -0.25) is 14.4 Å². The number of piperidine rings is 2. The number of nitrogens with zero attached hydrogens (tertiary/aromatic N) is 5. The highest BCUT2D eigenvalue weighted by molar-refractivity contribution is 6.39. The van der Waals surface area contributed by atoms with Crippen LogP contribution in [-0.2, 0) is 14.4 Å². The summed E-state index contributed by atoms with van der Waals surface area (Å²) in [6.45, 7) is 2.45. The van der Waals surface area contributed by atoms with Crippen LogP contribution in [0.1, 0.15) is 37.8 Å². The van der Waals surface area contributed by atoms with Gasteiger partial charge in [-0.25, -0.2) is 9.97 Å². The van der Waals surface area contributed by atoms with Crippen molar-refractivity contribution in [1.82, 2.24) is 15.3 Å². The van der Waals surface area contributed by atoms with Crippen LogP contribution in [0.5, 0.6) is 0 Å². The third kappa shape index (κ3) is 5.49. The Morgan fingerprint density at radius 2 is 1.88 bits per heavy atom. The molecule has 2 N–H and O–H groups in total. The lowest BCUT2D eigenvalue weighted by atomic mass is 9.96. The van der Waals surface area contributed by atoms with Crippen LogP contribution in [0.3, 0.4) is 0 Å². The van der Waals surface area contributed by atoms with Gasteiger partial charge in [-0.15, -0.1) is 0 Å². The van der Waals surface area contributed by atoms with Crippen LogP contribution in [-0.4, -0.2) is 53.9 Å². The van der Waals surface area contributed by atoms with Crippen molar-refractivity contribution in [2.45, 2.75) is 32.1 Å². The van der Waals surface area contributed by atoms with E-state index >= 15 is 0 Å². The Morgan fingerprint density at radius 3 is 2.65 bits per heavy atom. The van der Waals surface area contributed by atoms with Gasteiger partial charge in [-0.1, -0.05) is 6.07 Å². The fourth-order valence-electron chi connectivity index (χ4n) is 4.33. The van der Waals surface area contributed by atoms with Crippen molar-refractivity contribution in [3.05, 3.63) is 42.4 Å². The first-order chi connectivity index (χ1) is 16.5. The summed E-state index contributed by atoms with van der Waals surface area (Å²) < 4.78 is 0. The second-order valence-electron chi connectivity index (χ2n) is 8.49. The smallest absolute Gasteiger partial charge is 0.313 e. The van der Waals surface area contributed by atoms with Crippen LogP contribution in [0.4, 0.5) is 17.2 Å². The molecule has 0 saturated carbocycles. The number of rotatable bonds is 5. The van der Waals surface area contributed by atoms with Crippen LogP contribution in [0, 0.1) is 17.2 Å². The van der Waals surface area contributed by atoms with E-state index in [0.717, 1.165) is 31.4 Å². The first-order valence-corrected chi connectivity index (χ1v) is 11.5. The minimum absolute atomic E-state index is 0.0710. The average molecular weight is 462 g/mol. The molecule has 0 radical (unpaired) electrons. The molecule has 10 nitrogen and oxygen atoms in total. The fraction of sp³-hybridized carbons (Fsp3) is 0.417. The molecule has 4 rings (SSSR count). The molecule has 0 spiro atoms. The van der Waals surface area contributed by atoms with E-state index in [9.17, 15) is 19.6 Å². The Kier molecular flexibility index (Phi) is 7.32. The number of hydrogen-bond donors (Lipinski definition) is 2. The van der Waals surface area contributed by atoms with Gasteiger partial charge in [-0.2, -0.15) is 5.26 Å². The number of benzene rings is 1. The maximum atomic E-state index is 12.4. The highest BCUT2D eigenvalue weighted by Crippen LogP contribution is 2.24. The van der Waals surface area contributed by atoms with Crippen molar-refractivity contribution in [3.63, 3.8) is 0 Å². The predicted molar refractivity (Wildman–Crippen MR) is 126 cm³/mol. The number of hydrogen-bond acceptors (Lipinski definition) is 7. The van der Waals surface area contributed by atoms with Crippen molar-refractivity contribution in [2.24, 2.45) is 5.92 Å². The minimum Gasteiger partial charge on any atom is -0.354 e. The van der Waals surface area contributed by atoms with Gasteiger partial charge >= 0.3 is 11.8 Å². The van der Waals surface area contributed by atoms with Crippen molar-refractivity contribution in [1.29, 1.82) is 5.26 Å². The number of carbonyl (C=O) groups excluding carboxylic acids is 3. The highest BCUT2D eigenvalue weighted by atomic mass is 16.2. The average Bonchev–Trinajstić information content (AvgIpc) is 2.88. The summed E-state index contributed by atoms with van der Waals surface area (Å²) in [6.07, 6.45) is 7.04. The molecule has 1 aromatic carbocycles. The van der Waals surface area contributed by atoms with E-state index in [4.69, 9.17) is 0 Å². The summed E-state index contributed by atoms with van der Waals surface area (Å²) >= 11 is 0. The van der Waals surface area contributed by atoms with Crippen molar-refractivity contribution >= 4 is 34.9 Å². The Bertz CT molecular complexity index is 1110. The van der Waals surface area contributed by atoms with E-state index in [-0.39, 0.29) is 11.8 Å². The quantitative estimate of drug-likeness (QED) is 0.650. The number of nitrogens with one attached hydrogen (secondary N) is 2. The summed E-state index contributed by atoms with van der Waals surface area (Å²) in [6, 6.07) is 9.06. The van der Waals surface area contributed by atoms with Gasteiger partial charge in [0, 0.05) is 56.4 Å². The second kappa shape index (κ2) is 10.7. The third-order valence-electron chi connectivity index (χ3n) is 6.20. The van der Waals surface area contributed by atoms with Crippen molar-refractivity contribution < 1.29 is 14.4 Å². The van der Waals surface area contributed by atoms with Crippen LogP contribution in [0.2, 0.25) is 0 Å². The number of nitriles is 1. The Balaban J connectivity index is 1.25. The van der Waals surface area contributed by atoms with E-state index in [1.165, 1.54) is 6.20 Å². The van der Waals surface area contributed by atoms with Crippen molar-refractivity contribution in [3.8, 4) is 6.07 Å². The van der Waals surface area contributed by atoms with Gasteiger partial charge in [0.15, 0.2) is 11.5 Å². The lowest BCUT2D eigenvalue weighted by Gasteiger charge is -2.32. The number of aromatic nitrogens is 2. The summed E-state index contributed by atoms with van der Waals surface area (Å²) in [4.78, 5) is 49.0. The van der Waals surface area contributed by atoms with Gasteiger partial charge in [0.05, 0.1) is 0 Å². The zero-order valence-corrected chi connectivity index (χ0v) is 18.9. The molecule has 176 valence electrons. The fourth-order valence-corrected chi connectivity index (χ4v) is 4.33. The maximum Gasteiger partial charge on any atom is 0.313 e. The van der Waals surface area contributed by atoms with Gasteiger partial charge in [0.25, 0.3) is 0 Å². The van der Waals surface area contributed by atoms with E-state index in [1.807, 2.05) is 11.0 Å². The van der Waals surface area contributed by atoms with Crippen LogP contribution >= 0.6 is 0 Å². The summed E-state index contributed by atoms with van der Waals surface area (Å²) in [7, 11) is 0. The predicted octanol–water partition coefficient (Wildman–Crippen LogP) is 1.84. The lowest BCUT2D eigenvalue weighted by Crippen LogP contribution is -2.42. The SMILES string of the molecule is N#Cc1nccnc1N1CCC(CNC(=O)C(=O)Nc2cccc(N3CCCCC3=O)c2)CC1. The minimum atomic E-state index is -0.738. The Labute approximate surface area is 198 Å². The van der Waals surface area contributed by atoms with E-state index < -0.39 is 11.8 Å². The molecule has 2 saturated heterocycles. The van der Waals surface area contributed by atoms with Gasteiger partial charge in [0.2, 0.25) is 5.91 Å². The van der Waals surface area contributed by atoms with E-state index in [0.29, 0.717) is 49.8 Å². The molecule has 34 heavy (non-hydrogen) atoms. The number of amides is 3. The first-order valence-electron chi connectivity index (χ1n) is 11.5. The molecular weight excluding hydrogens is 434 g/mol. The standard InChI is InChI=1S/C24H27N7O3/c25-15-20-22(27-10-9-26-20)30-12-7-17(8-13-30)16-28-23(33)24(34)29-18-4-3-5-19(14-18)31-11-2-1-6-21(31)32/h3-5,9-10,14,17H,1-2,6-8,11-13,16H2,(H,28,33)(H,29,34). The molecule has 10 heteroatoms. The molecule has 0 bridgehead atoms. The Morgan fingerprint density at radius 1 is 1.09 bits per heavy atom. The molecule has 3 heterocycles. The number of anilines is 3. The van der Waals surface area contributed by atoms with Gasteiger partial charge in [0.1, 0.15) is 6.07 Å². The lowest BCUT2D eigenvalue weighted by molar-refractivity contribution is -0.136. The maximum absolute atomic E-state index is 12.4. The molecule has 2 fully saturated rings. The largest absolute Gasteiger partial charge is 0.354 e. The molecular formula is C24H27N7O3. The molecule has 0 unspecified atom stereocenters.